The minimum atomic E-state index is 0.0951. The lowest BCUT2D eigenvalue weighted by Crippen LogP contribution is -2.56. The van der Waals surface area contributed by atoms with Crippen LogP contribution in [0, 0.1) is 0 Å². The molecular weight excluding hydrogens is 208 g/mol. The summed E-state index contributed by atoms with van der Waals surface area (Å²) in [5.74, 6) is 1.22. The van der Waals surface area contributed by atoms with E-state index in [0.29, 0.717) is 12.6 Å². The molecule has 1 saturated heterocycles. The van der Waals surface area contributed by atoms with Gasteiger partial charge in [0, 0.05) is 19.2 Å². The van der Waals surface area contributed by atoms with Gasteiger partial charge in [-0.15, -0.1) is 0 Å². The van der Waals surface area contributed by atoms with Crippen LogP contribution in [0.25, 0.3) is 0 Å². The van der Waals surface area contributed by atoms with E-state index in [9.17, 15) is 0 Å². The zero-order valence-corrected chi connectivity index (χ0v) is 11.0. The van der Waals surface area contributed by atoms with Crippen molar-refractivity contribution in [3.63, 3.8) is 0 Å². The molecule has 15 heavy (non-hydrogen) atoms. The molecule has 3 nitrogen and oxygen atoms in total. The normalized spacial score (nSPS) is 28.6. The lowest BCUT2D eigenvalue weighted by atomic mass is 9.95. The Morgan fingerprint density at radius 3 is 2.80 bits per heavy atom. The zero-order chi connectivity index (χ0) is 11.3. The van der Waals surface area contributed by atoms with Crippen LogP contribution in [-0.4, -0.2) is 55.3 Å². The number of ether oxygens (including phenoxy) is 1. The van der Waals surface area contributed by atoms with E-state index in [1.807, 2.05) is 11.8 Å². The molecule has 0 spiro atoms. The first-order valence-electron chi connectivity index (χ1n) is 5.66. The van der Waals surface area contributed by atoms with E-state index in [-0.39, 0.29) is 5.54 Å². The van der Waals surface area contributed by atoms with Crippen molar-refractivity contribution in [3.05, 3.63) is 0 Å². The molecule has 2 unspecified atom stereocenters. The molecule has 90 valence electrons. The SMILES string of the molecule is CSCCC(C)N(C)C1(CN)CCOC1. The first-order chi connectivity index (χ1) is 7.16. The van der Waals surface area contributed by atoms with E-state index in [4.69, 9.17) is 10.5 Å². The van der Waals surface area contributed by atoms with Gasteiger partial charge in [-0.2, -0.15) is 11.8 Å². The lowest BCUT2D eigenvalue weighted by molar-refractivity contribution is 0.0641. The standard InChI is InChI=1S/C11H24N2OS/c1-10(4-7-15-3)13(2)11(8-12)5-6-14-9-11/h10H,4-9,12H2,1-3H3. The Labute approximate surface area is 97.7 Å². The van der Waals surface area contributed by atoms with Gasteiger partial charge in [0.15, 0.2) is 0 Å². The van der Waals surface area contributed by atoms with E-state index in [0.717, 1.165) is 19.6 Å². The van der Waals surface area contributed by atoms with E-state index < -0.39 is 0 Å². The summed E-state index contributed by atoms with van der Waals surface area (Å²) in [6.45, 7) is 4.64. The first kappa shape index (κ1) is 13.3. The number of nitrogens with zero attached hydrogens (tertiary/aromatic N) is 1. The van der Waals surface area contributed by atoms with Crippen molar-refractivity contribution < 1.29 is 4.74 Å². The van der Waals surface area contributed by atoms with Gasteiger partial charge < -0.3 is 10.5 Å². The first-order valence-corrected chi connectivity index (χ1v) is 7.05. The van der Waals surface area contributed by atoms with Gasteiger partial charge in [-0.3, -0.25) is 4.90 Å². The highest BCUT2D eigenvalue weighted by Crippen LogP contribution is 2.26. The van der Waals surface area contributed by atoms with Crippen LogP contribution in [0.2, 0.25) is 0 Å². The molecular formula is C11H24N2OS. The average Bonchev–Trinajstić information content (AvgIpc) is 2.74. The molecule has 0 aromatic carbocycles. The summed E-state index contributed by atoms with van der Waals surface area (Å²) in [5.41, 5.74) is 6.00. The molecule has 1 heterocycles. The van der Waals surface area contributed by atoms with Crippen molar-refractivity contribution in [2.24, 2.45) is 5.73 Å². The van der Waals surface area contributed by atoms with Crippen molar-refractivity contribution in [3.8, 4) is 0 Å². The van der Waals surface area contributed by atoms with Crippen molar-refractivity contribution in [2.45, 2.75) is 31.3 Å². The van der Waals surface area contributed by atoms with Crippen LogP contribution in [0.5, 0.6) is 0 Å². The summed E-state index contributed by atoms with van der Waals surface area (Å²) in [4.78, 5) is 2.43. The maximum absolute atomic E-state index is 5.91. The summed E-state index contributed by atoms with van der Waals surface area (Å²) in [6, 6.07) is 0.586. The Bertz CT molecular complexity index is 183. The van der Waals surface area contributed by atoms with Gasteiger partial charge in [0.05, 0.1) is 12.1 Å². The molecule has 0 aliphatic carbocycles. The maximum Gasteiger partial charge on any atom is 0.0663 e. The third-order valence-electron chi connectivity index (χ3n) is 3.61. The molecule has 0 saturated carbocycles. The largest absolute Gasteiger partial charge is 0.379 e. The van der Waals surface area contributed by atoms with Crippen LogP contribution >= 0.6 is 11.8 Å². The molecule has 2 atom stereocenters. The molecule has 1 aliphatic rings. The van der Waals surface area contributed by atoms with Gasteiger partial charge in [0.25, 0.3) is 0 Å². The van der Waals surface area contributed by atoms with Crippen LogP contribution < -0.4 is 5.73 Å². The van der Waals surface area contributed by atoms with Crippen LogP contribution in [-0.2, 0) is 4.74 Å². The molecule has 0 amide bonds. The zero-order valence-electron chi connectivity index (χ0n) is 10.2. The molecule has 1 aliphatic heterocycles. The monoisotopic (exact) mass is 232 g/mol. The Kier molecular flexibility index (Phi) is 5.39. The van der Waals surface area contributed by atoms with Crippen molar-refractivity contribution in [2.75, 3.05) is 38.8 Å². The Morgan fingerprint density at radius 2 is 2.33 bits per heavy atom. The fourth-order valence-corrected chi connectivity index (χ4v) is 2.71. The molecule has 0 aromatic rings. The van der Waals surface area contributed by atoms with Gasteiger partial charge in [-0.1, -0.05) is 0 Å². The topological polar surface area (TPSA) is 38.5 Å². The van der Waals surface area contributed by atoms with Gasteiger partial charge in [0.1, 0.15) is 0 Å². The van der Waals surface area contributed by atoms with E-state index in [2.05, 4.69) is 25.1 Å². The molecule has 2 N–H and O–H groups in total. The Balaban J connectivity index is 2.51. The summed E-state index contributed by atoms with van der Waals surface area (Å²) in [6.07, 6.45) is 4.45. The van der Waals surface area contributed by atoms with Gasteiger partial charge in [0.2, 0.25) is 0 Å². The number of thioether (sulfide) groups is 1. The lowest BCUT2D eigenvalue weighted by Gasteiger charge is -2.40. The molecule has 0 bridgehead atoms. The maximum atomic E-state index is 5.91. The van der Waals surface area contributed by atoms with Crippen LogP contribution in [0.15, 0.2) is 0 Å². The van der Waals surface area contributed by atoms with Gasteiger partial charge in [-0.05, 0) is 38.8 Å². The van der Waals surface area contributed by atoms with Crippen molar-refractivity contribution in [1.82, 2.24) is 4.90 Å². The Hall–Kier alpha value is 0.230. The second-order valence-electron chi connectivity index (χ2n) is 4.47. The third kappa shape index (κ3) is 3.09. The van der Waals surface area contributed by atoms with Crippen LogP contribution in [0.4, 0.5) is 0 Å². The van der Waals surface area contributed by atoms with Gasteiger partial charge >= 0.3 is 0 Å². The molecule has 1 rings (SSSR count). The number of rotatable bonds is 6. The summed E-state index contributed by atoms with van der Waals surface area (Å²) in [5, 5.41) is 0. The highest BCUT2D eigenvalue weighted by Gasteiger charge is 2.39. The van der Waals surface area contributed by atoms with Crippen LogP contribution in [0.1, 0.15) is 19.8 Å². The van der Waals surface area contributed by atoms with E-state index in [1.54, 1.807) is 0 Å². The van der Waals surface area contributed by atoms with Crippen LogP contribution in [0.3, 0.4) is 0 Å². The van der Waals surface area contributed by atoms with Gasteiger partial charge in [-0.25, -0.2) is 0 Å². The molecule has 4 heteroatoms. The summed E-state index contributed by atoms with van der Waals surface area (Å²) >= 11 is 1.91. The fourth-order valence-electron chi connectivity index (χ4n) is 2.13. The second-order valence-corrected chi connectivity index (χ2v) is 5.46. The average molecular weight is 232 g/mol. The molecule has 1 fully saturated rings. The number of hydrogen-bond acceptors (Lipinski definition) is 4. The quantitative estimate of drug-likeness (QED) is 0.746. The van der Waals surface area contributed by atoms with E-state index >= 15 is 0 Å². The van der Waals surface area contributed by atoms with Crippen molar-refractivity contribution in [1.29, 1.82) is 0 Å². The number of hydrogen-bond donors (Lipinski definition) is 1. The smallest absolute Gasteiger partial charge is 0.0663 e. The predicted octanol–water partition coefficient (Wildman–Crippen LogP) is 1.18. The minimum absolute atomic E-state index is 0.0951. The second kappa shape index (κ2) is 6.09. The molecule has 0 aromatic heterocycles. The highest BCUT2D eigenvalue weighted by molar-refractivity contribution is 7.98. The number of likely N-dealkylation sites (N-methyl/N-ethyl adjacent to an activating group) is 1. The molecule has 0 radical (unpaired) electrons. The summed E-state index contributed by atoms with van der Waals surface area (Å²) in [7, 11) is 2.19. The van der Waals surface area contributed by atoms with E-state index in [1.165, 1.54) is 12.2 Å². The number of nitrogens with two attached hydrogens (primary N) is 1. The summed E-state index contributed by atoms with van der Waals surface area (Å²) < 4.78 is 5.50. The predicted molar refractivity (Wildman–Crippen MR) is 67.4 cm³/mol. The Morgan fingerprint density at radius 1 is 1.60 bits per heavy atom. The highest BCUT2D eigenvalue weighted by atomic mass is 32.2. The van der Waals surface area contributed by atoms with Crippen molar-refractivity contribution >= 4 is 11.8 Å². The third-order valence-corrected chi connectivity index (χ3v) is 4.26. The minimum Gasteiger partial charge on any atom is -0.379 e. The fraction of sp³-hybridized carbons (Fsp3) is 1.00.